The third-order valence-electron chi connectivity index (χ3n) is 5.78. The fourth-order valence-corrected chi connectivity index (χ4v) is 5.56. The molecule has 1 fully saturated rings. The summed E-state index contributed by atoms with van der Waals surface area (Å²) < 4.78 is 5.90. The minimum atomic E-state index is 0.154. The Morgan fingerprint density at radius 3 is 2.91 bits per heavy atom. The monoisotopic (exact) mass is 331 g/mol. The lowest BCUT2D eigenvalue weighted by molar-refractivity contribution is -0.104. The van der Waals surface area contributed by atoms with Crippen LogP contribution in [0, 0.1) is 5.41 Å². The molecule has 2 aliphatic rings. The van der Waals surface area contributed by atoms with Gasteiger partial charge in [0.1, 0.15) is 17.0 Å². The van der Waals surface area contributed by atoms with Crippen LogP contribution in [0.15, 0.2) is 6.33 Å². The smallest absolute Gasteiger partial charge is 0.141 e. The number of nitrogens with zero attached hydrogens (tertiary/aromatic N) is 3. The van der Waals surface area contributed by atoms with Gasteiger partial charge >= 0.3 is 0 Å². The molecule has 0 saturated heterocycles. The third kappa shape index (κ3) is 2.20. The normalized spacial score (nSPS) is 25.4. The van der Waals surface area contributed by atoms with E-state index in [0.29, 0.717) is 12.1 Å². The van der Waals surface area contributed by atoms with Crippen LogP contribution in [0.2, 0.25) is 0 Å². The first-order valence-electron chi connectivity index (χ1n) is 8.63. The van der Waals surface area contributed by atoms with Gasteiger partial charge in [-0.25, -0.2) is 9.97 Å². The van der Waals surface area contributed by atoms with Crippen LogP contribution in [0.3, 0.4) is 0 Å². The number of fused-ring (bicyclic) bond motifs is 3. The molecule has 0 N–H and O–H groups in total. The second kappa shape index (κ2) is 5.42. The van der Waals surface area contributed by atoms with E-state index in [1.165, 1.54) is 35.1 Å². The van der Waals surface area contributed by atoms with Crippen molar-refractivity contribution in [1.29, 1.82) is 0 Å². The molecule has 4 rings (SSSR count). The first-order chi connectivity index (χ1) is 11.0. The summed E-state index contributed by atoms with van der Waals surface area (Å²) in [7, 11) is 2.19. The Labute approximate surface area is 141 Å². The minimum Gasteiger partial charge on any atom is -0.378 e. The van der Waals surface area contributed by atoms with E-state index in [-0.39, 0.29) is 5.41 Å². The fourth-order valence-electron chi connectivity index (χ4n) is 4.33. The molecule has 2 aromatic rings. The van der Waals surface area contributed by atoms with Gasteiger partial charge in [0.2, 0.25) is 0 Å². The van der Waals surface area contributed by atoms with E-state index in [1.54, 1.807) is 6.33 Å². The van der Waals surface area contributed by atoms with Crippen LogP contribution >= 0.6 is 11.3 Å². The van der Waals surface area contributed by atoms with Gasteiger partial charge in [0, 0.05) is 30.0 Å². The molecule has 2 aromatic heterocycles. The van der Waals surface area contributed by atoms with Crippen molar-refractivity contribution in [1.82, 2.24) is 9.97 Å². The molecule has 0 amide bonds. The highest BCUT2D eigenvalue weighted by Crippen LogP contribution is 2.48. The van der Waals surface area contributed by atoms with Gasteiger partial charge in [-0.05, 0) is 38.2 Å². The average Bonchev–Trinajstić information content (AvgIpc) is 3.10. The maximum absolute atomic E-state index is 5.90. The zero-order chi connectivity index (χ0) is 16.2. The highest BCUT2D eigenvalue weighted by Gasteiger charge is 2.51. The molecule has 0 spiro atoms. The van der Waals surface area contributed by atoms with Crippen molar-refractivity contribution in [3.8, 4) is 0 Å². The molecule has 23 heavy (non-hydrogen) atoms. The van der Waals surface area contributed by atoms with Crippen LogP contribution in [-0.2, 0) is 17.6 Å². The number of aryl methyl sites for hydroxylation is 2. The third-order valence-corrected chi connectivity index (χ3v) is 6.98. The number of hydrogen-bond donors (Lipinski definition) is 0. The molecule has 0 unspecified atom stereocenters. The number of rotatable bonds is 4. The molecular formula is C18H25N3OS. The van der Waals surface area contributed by atoms with Crippen molar-refractivity contribution in [3.63, 3.8) is 0 Å². The van der Waals surface area contributed by atoms with E-state index in [1.807, 2.05) is 11.3 Å². The highest BCUT2D eigenvalue weighted by atomic mass is 32.1. The largest absolute Gasteiger partial charge is 0.378 e. The van der Waals surface area contributed by atoms with Crippen LogP contribution in [0.4, 0.5) is 5.82 Å². The van der Waals surface area contributed by atoms with Gasteiger partial charge in [0.15, 0.2) is 0 Å². The Morgan fingerprint density at radius 1 is 1.35 bits per heavy atom. The summed E-state index contributed by atoms with van der Waals surface area (Å²) in [4.78, 5) is 14.3. The molecule has 2 heterocycles. The molecule has 124 valence electrons. The molecule has 2 aliphatic carbocycles. The summed E-state index contributed by atoms with van der Waals surface area (Å²) in [6, 6.07) is 0.467. The Balaban J connectivity index is 1.70. The summed E-state index contributed by atoms with van der Waals surface area (Å²) in [6.07, 6.45) is 6.82. The lowest BCUT2D eigenvalue weighted by Gasteiger charge is -2.55. The molecule has 0 aromatic carbocycles. The zero-order valence-corrected chi connectivity index (χ0v) is 15.2. The molecule has 0 radical (unpaired) electrons. The Bertz CT molecular complexity index is 739. The van der Waals surface area contributed by atoms with E-state index in [9.17, 15) is 0 Å². The highest BCUT2D eigenvalue weighted by molar-refractivity contribution is 7.19. The predicted octanol–water partition coefficient (Wildman–Crippen LogP) is 3.82. The van der Waals surface area contributed by atoms with Crippen molar-refractivity contribution in [2.45, 2.75) is 58.6 Å². The SMILES string of the molecule is CCO[C@H]1C[C@@H](N(C)c2ncnc3sc4c(c23)CCC4)C1(C)C. The Morgan fingerprint density at radius 2 is 2.17 bits per heavy atom. The van der Waals surface area contributed by atoms with Gasteiger partial charge in [0.05, 0.1) is 11.5 Å². The van der Waals surface area contributed by atoms with Crippen LogP contribution < -0.4 is 4.90 Å². The van der Waals surface area contributed by atoms with E-state index < -0.39 is 0 Å². The lowest BCUT2D eigenvalue weighted by atomic mass is 9.64. The maximum Gasteiger partial charge on any atom is 0.141 e. The molecule has 0 aliphatic heterocycles. The van der Waals surface area contributed by atoms with Crippen LogP contribution in [0.1, 0.15) is 44.1 Å². The van der Waals surface area contributed by atoms with Gasteiger partial charge in [0.25, 0.3) is 0 Å². The van der Waals surface area contributed by atoms with Crippen molar-refractivity contribution in [3.05, 3.63) is 16.8 Å². The van der Waals surface area contributed by atoms with Crippen molar-refractivity contribution in [2.24, 2.45) is 5.41 Å². The van der Waals surface area contributed by atoms with Gasteiger partial charge < -0.3 is 9.64 Å². The number of hydrogen-bond acceptors (Lipinski definition) is 5. The van der Waals surface area contributed by atoms with Gasteiger partial charge in [-0.1, -0.05) is 13.8 Å². The van der Waals surface area contributed by atoms with E-state index >= 15 is 0 Å². The Kier molecular flexibility index (Phi) is 3.61. The minimum absolute atomic E-state index is 0.154. The summed E-state index contributed by atoms with van der Waals surface area (Å²) in [5, 5.41) is 1.31. The summed E-state index contributed by atoms with van der Waals surface area (Å²) >= 11 is 1.86. The molecule has 1 saturated carbocycles. The maximum atomic E-state index is 5.90. The van der Waals surface area contributed by atoms with Gasteiger partial charge in [-0.3, -0.25) is 0 Å². The molecule has 5 heteroatoms. The second-order valence-corrected chi connectivity index (χ2v) is 8.45. The molecule has 0 bridgehead atoms. The van der Waals surface area contributed by atoms with Gasteiger partial charge in [-0.15, -0.1) is 11.3 Å². The van der Waals surface area contributed by atoms with Crippen LogP contribution in [0.25, 0.3) is 10.2 Å². The van der Waals surface area contributed by atoms with E-state index in [2.05, 4.69) is 42.7 Å². The van der Waals surface area contributed by atoms with Crippen molar-refractivity contribution >= 4 is 27.4 Å². The van der Waals surface area contributed by atoms with E-state index in [0.717, 1.165) is 23.7 Å². The lowest BCUT2D eigenvalue weighted by Crippen LogP contribution is -2.61. The fraction of sp³-hybridized carbons (Fsp3) is 0.667. The van der Waals surface area contributed by atoms with Crippen LogP contribution in [-0.4, -0.2) is 35.8 Å². The first-order valence-corrected chi connectivity index (χ1v) is 9.45. The first kappa shape index (κ1) is 15.3. The quantitative estimate of drug-likeness (QED) is 0.854. The predicted molar refractivity (Wildman–Crippen MR) is 95.4 cm³/mol. The number of aromatic nitrogens is 2. The average molecular weight is 331 g/mol. The standard InChI is InChI=1S/C18H25N3OS/c1-5-22-14-9-13(18(14,2)3)21(4)16-15-11-7-6-8-12(11)23-17(15)20-10-19-16/h10,13-14H,5-9H2,1-4H3/t13-,14+/m1/s1. The van der Waals surface area contributed by atoms with E-state index in [4.69, 9.17) is 4.74 Å². The number of ether oxygens (including phenoxy) is 1. The van der Waals surface area contributed by atoms with Gasteiger partial charge in [-0.2, -0.15) is 0 Å². The topological polar surface area (TPSA) is 38.2 Å². The Hall–Kier alpha value is -1.20. The summed E-state index contributed by atoms with van der Waals surface area (Å²) in [5.41, 5.74) is 1.66. The number of thiophene rings is 1. The van der Waals surface area contributed by atoms with Crippen molar-refractivity contribution in [2.75, 3.05) is 18.6 Å². The van der Waals surface area contributed by atoms with Crippen molar-refractivity contribution < 1.29 is 4.74 Å². The summed E-state index contributed by atoms with van der Waals surface area (Å²) in [6.45, 7) is 7.50. The molecular weight excluding hydrogens is 306 g/mol. The summed E-state index contributed by atoms with van der Waals surface area (Å²) in [5.74, 6) is 1.11. The number of anilines is 1. The zero-order valence-electron chi connectivity index (χ0n) is 14.4. The van der Waals surface area contributed by atoms with Crippen LogP contribution in [0.5, 0.6) is 0 Å². The molecule has 4 nitrogen and oxygen atoms in total. The molecule has 2 atom stereocenters. The second-order valence-electron chi connectivity index (χ2n) is 7.36.